The number of sulfone groups is 1. The molecule has 17 heteroatoms. The number of esters is 4. The smallest absolute Gasteiger partial charge is 0.407 e. The van der Waals surface area contributed by atoms with Crippen molar-refractivity contribution < 1.29 is 60.9 Å². The van der Waals surface area contributed by atoms with E-state index in [-0.39, 0.29) is 67.4 Å². The fourth-order valence-electron chi connectivity index (χ4n) is 8.80. The molecule has 462 valence electrons. The number of thioether (sulfide) groups is 1. The molecule has 0 fully saturated rings. The molecule has 2 N–H and O–H groups in total. The molecule has 0 heterocycles. The molecule has 15 nitrogen and oxygen atoms in total. The zero-order valence-corrected chi connectivity index (χ0v) is 52.8. The highest BCUT2D eigenvalue weighted by Gasteiger charge is 2.29. The third kappa shape index (κ3) is 44.8. The molecule has 0 aliphatic rings. The number of hydrogen-bond acceptors (Lipinski definition) is 14. The van der Waals surface area contributed by atoms with Crippen molar-refractivity contribution in [3.05, 3.63) is 35.4 Å². The Morgan fingerprint density at radius 1 is 0.537 bits per heavy atom. The second kappa shape index (κ2) is 45.6. The maximum absolute atomic E-state index is 13.2. The lowest BCUT2D eigenvalue weighted by molar-refractivity contribution is -0.158. The van der Waals surface area contributed by atoms with Gasteiger partial charge in [0.05, 0.1) is 18.1 Å². The molecule has 2 atom stereocenters. The van der Waals surface area contributed by atoms with Crippen molar-refractivity contribution in [2.75, 3.05) is 36.2 Å². The molecule has 0 aliphatic heterocycles. The van der Waals surface area contributed by atoms with Crippen LogP contribution in [-0.2, 0) is 59.2 Å². The molecule has 0 unspecified atom stereocenters. The van der Waals surface area contributed by atoms with E-state index in [1.807, 2.05) is 0 Å². The van der Waals surface area contributed by atoms with Crippen molar-refractivity contribution >= 4 is 57.5 Å². The first-order valence-corrected chi connectivity index (χ1v) is 34.0. The van der Waals surface area contributed by atoms with E-state index in [4.69, 9.17) is 23.7 Å². The van der Waals surface area contributed by atoms with E-state index in [0.717, 1.165) is 38.5 Å². The molecule has 0 aliphatic carbocycles. The number of carbonyl (C=O) groups excluding carboxylic acids is 6. The predicted octanol–water partition coefficient (Wildman–Crippen LogP) is 14.8. The average Bonchev–Trinajstić information content (AvgIpc) is 3.39. The summed E-state index contributed by atoms with van der Waals surface area (Å²) < 4.78 is 53.4. The second-order valence-electron chi connectivity index (χ2n) is 23.6. The molecule has 0 bridgehead atoms. The molecule has 1 aromatic rings. The topological polar surface area (TPSA) is 207 Å². The first-order chi connectivity index (χ1) is 38.1. The Hall–Kier alpha value is -3.86. The van der Waals surface area contributed by atoms with Crippen LogP contribution in [0.1, 0.15) is 277 Å². The van der Waals surface area contributed by atoms with Crippen LogP contribution in [-0.4, -0.2) is 104 Å². The number of alkyl carbamates (subject to hydrolysis) is 1. The van der Waals surface area contributed by atoms with Crippen LogP contribution >= 0.6 is 11.8 Å². The summed E-state index contributed by atoms with van der Waals surface area (Å²) in [7, 11) is -3.42. The lowest BCUT2D eigenvalue weighted by Gasteiger charge is -2.25. The van der Waals surface area contributed by atoms with Gasteiger partial charge in [-0.1, -0.05) is 180 Å². The number of amides is 2. The SMILES string of the molecule is CCCCCCCCCCCCCCCC(=O)OC[C@H](CSCCS(=O)(=O)CCCCOC(=O)NCc1ccc(C(=O)N[C@@H](CCC(=O)OC(C)(C)C)C(=O)OC(C)(C)C)cc1)OC(=O)CCCCCCCCCCCCCCC. The minimum atomic E-state index is -3.42. The van der Waals surface area contributed by atoms with Gasteiger partial charge in [-0.2, -0.15) is 11.8 Å². The largest absolute Gasteiger partial charge is 0.462 e. The Kier molecular flexibility index (Phi) is 42.3. The zero-order chi connectivity index (χ0) is 59.3. The van der Waals surface area contributed by atoms with Crippen molar-refractivity contribution in [1.82, 2.24) is 10.6 Å². The summed E-state index contributed by atoms with van der Waals surface area (Å²) in [6.07, 6.45) is 31.3. The Balaban J connectivity index is 2.51. The summed E-state index contributed by atoms with van der Waals surface area (Å²) in [6, 6.07) is 5.29. The monoisotopic (exact) mass is 1170 g/mol. The molecule has 0 aromatic heterocycles. The molecular formula is C63H110N2O13S2. The molecule has 2 amide bonds. The Labute approximate surface area is 489 Å². The summed E-state index contributed by atoms with van der Waals surface area (Å²) in [5, 5.41) is 5.32. The number of nitrogens with one attached hydrogen (secondary N) is 2. The van der Waals surface area contributed by atoms with Crippen molar-refractivity contribution in [2.24, 2.45) is 0 Å². The fourth-order valence-corrected chi connectivity index (χ4v) is 11.7. The van der Waals surface area contributed by atoms with Gasteiger partial charge in [-0.25, -0.2) is 18.0 Å². The maximum atomic E-state index is 13.2. The highest BCUT2D eigenvalue weighted by atomic mass is 32.2. The van der Waals surface area contributed by atoms with Gasteiger partial charge in [0.1, 0.15) is 30.0 Å². The normalized spacial score (nSPS) is 12.6. The van der Waals surface area contributed by atoms with Crippen LogP contribution in [0.3, 0.4) is 0 Å². The lowest BCUT2D eigenvalue weighted by Crippen LogP contribution is -2.44. The third-order valence-corrected chi connectivity index (χ3v) is 16.4. The number of ether oxygens (including phenoxy) is 5. The van der Waals surface area contributed by atoms with Gasteiger partial charge in [0, 0.05) is 42.9 Å². The van der Waals surface area contributed by atoms with Gasteiger partial charge in [-0.3, -0.25) is 19.2 Å². The summed E-state index contributed by atoms with van der Waals surface area (Å²) >= 11 is 1.35. The highest BCUT2D eigenvalue weighted by Crippen LogP contribution is 2.19. The first-order valence-electron chi connectivity index (χ1n) is 31.0. The van der Waals surface area contributed by atoms with Gasteiger partial charge >= 0.3 is 30.0 Å². The van der Waals surface area contributed by atoms with E-state index in [1.54, 1.807) is 65.8 Å². The van der Waals surface area contributed by atoms with E-state index >= 15 is 0 Å². The van der Waals surface area contributed by atoms with Gasteiger partial charge in [0.25, 0.3) is 5.91 Å². The number of unbranched alkanes of at least 4 members (excludes halogenated alkanes) is 25. The van der Waals surface area contributed by atoms with Crippen molar-refractivity contribution in [2.45, 2.75) is 291 Å². The Morgan fingerprint density at radius 2 is 1.01 bits per heavy atom. The summed E-state index contributed by atoms with van der Waals surface area (Å²) in [4.78, 5) is 76.6. The highest BCUT2D eigenvalue weighted by molar-refractivity contribution is 8.00. The minimum absolute atomic E-state index is 0.0165. The average molecular weight is 1170 g/mol. The minimum Gasteiger partial charge on any atom is -0.462 e. The van der Waals surface area contributed by atoms with Crippen molar-refractivity contribution in [1.29, 1.82) is 0 Å². The standard InChI is InChI=1S/C63H110N2O13S2/c1-9-11-13-15-17-19-21-23-25-27-29-31-33-37-56(66)75-50-54(76-57(67)38-34-32-30-28-26-24-22-20-18-16-14-12-10-2)51-79-46-48-80(72,73)47-36-35-45-74-61(71)64-49-52-39-41-53(42-40-52)59(69)65-55(60(70)78-63(6,7)8)43-44-58(68)77-62(3,4)5/h39-42,54-55H,9-38,43-51H2,1-8H3,(H,64,71)(H,65,69)/t54-,55+/m1/s1. The van der Waals surface area contributed by atoms with Gasteiger partial charge in [-0.15, -0.1) is 0 Å². The second-order valence-corrected chi connectivity index (χ2v) is 27.0. The number of rotatable bonds is 49. The molecule has 0 saturated heterocycles. The van der Waals surface area contributed by atoms with Crippen LogP contribution in [0.2, 0.25) is 0 Å². The van der Waals surface area contributed by atoms with Crippen LogP contribution in [0.25, 0.3) is 0 Å². The van der Waals surface area contributed by atoms with E-state index < -0.39 is 57.1 Å². The molecule has 0 spiro atoms. The fraction of sp³-hybridized carbons (Fsp3) is 0.810. The summed E-state index contributed by atoms with van der Waals surface area (Å²) in [6.45, 7) is 14.9. The molecule has 1 aromatic carbocycles. The van der Waals surface area contributed by atoms with E-state index in [0.29, 0.717) is 37.0 Å². The zero-order valence-electron chi connectivity index (χ0n) is 51.2. The molecule has 1 rings (SSSR count). The summed E-state index contributed by atoms with van der Waals surface area (Å²) in [5.41, 5.74) is -0.585. The van der Waals surface area contributed by atoms with Gasteiger partial charge < -0.3 is 34.3 Å². The number of benzene rings is 1. The Bertz CT molecular complexity index is 1930. The van der Waals surface area contributed by atoms with E-state index in [2.05, 4.69) is 24.5 Å². The summed E-state index contributed by atoms with van der Waals surface area (Å²) in [5.74, 6) is -1.91. The molecular weight excluding hydrogens is 1060 g/mol. The van der Waals surface area contributed by atoms with Crippen LogP contribution in [0, 0.1) is 0 Å². The van der Waals surface area contributed by atoms with E-state index in [9.17, 15) is 37.2 Å². The number of hydrogen-bond donors (Lipinski definition) is 2. The van der Waals surface area contributed by atoms with Crippen molar-refractivity contribution in [3.8, 4) is 0 Å². The molecule has 0 radical (unpaired) electrons. The number of carbonyl (C=O) groups is 6. The Morgan fingerprint density at radius 3 is 1.50 bits per heavy atom. The van der Waals surface area contributed by atoms with Crippen LogP contribution in [0.15, 0.2) is 24.3 Å². The van der Waals surface area contributed by atoms with Crippen molar-refractivity contribution in [3.63, 3.8) is 0 Å². The van der Waals surface area contributed by atoms with Gasteiger partial charge in [0.15, 0.2) is 9.84 Å². The quantitative estimate of drug-likeness (QED) is 0.0354. The van der Waals surface area contributed by atoms with Crippen LogP contribution in [0.5, 0.6) is 0 Å². The van der Waals surface area contributed by atoms with Crippen LogP contribution < -0.4 is 10.6 Å². The van der Waals surface area contributed by atoms with Gasteiger partial charge in [0.2, 0.25) is 0 Å². The maximum Gasteiger partial charge on any atom is 0.407 e. The molecule has 80 heavy (non-hydrogen) atoms. The van der Waals surface area contributed by atoms with Crippen LogP contribution in [0.4, 0.5) is 4.79 Å². The first kappa shape index (κ1) is 74.2. The van der Waals surface area contributed by atoms with E-state index in [1.165, 1.54) is 140 Å². The molecule has 0 saturated carbocycles. The third-order valence-electron chi connectivity index (χ3n) is 13.3. The van der Waals surface area contributed by atoms with Gasteiger partial charge in [-0.05, 0) is 91.3 Å². The lowest BCUT2D eigenvalue weighted by atomic mass is 10.0. The predicted molar refractivity (Wildman–Crippen MR) is 323 cm³/mol.